The fourth-order valence-corrected chi connectivity index (χ4v) is 1.76. The Morgan fingerprint density at radius 3 is 2.43 bits per heavy atom. The van der Waals surface area contributed by atoms with E-state index in [9.17, 15) is 18.3 Å². The van der Waals surface area contributed by atoms with Crippen LogP contribution in [0.3, 0.4) is 0 Å². The molecule has 0 aromatic heterocycles. The maximum Gasteiger partial charge on any atom is 0.419 e. The maximum absolute atomic E-state index is 12.7. The summed E-state index contributed by atoms with van der Waals surface area (Å²) in [7, 11) is 1.51. The van der Waals surface area contributed by atoms with Crippen LogP contribution in [0.5, 0.6) is 17.2 Å². The second kappa shape index (κ2) is 5.95. The Balaban J connectivity index is 2.13. The number of ether oxygens (including phenoxy) is 2. The molecule has 2 aromatic rings. The van der Waals surface area contributed by atoms with Crippen molar-refractivity contribution in [2.45, 2.75) is 12.8 Å². The van der Waals surface area contributed by atoms with Crippen molar-refractivity contribution in [2.24, 2.45) is 0 Å². The molecule has 3 nitrogen and oxygen atoms in total. The molecule has 0 aliphatic heterocycles. The lowest BCUT2D eigenvalue weighted by atomic mass is 10.1. The molecule has 0 saturated carbocycles. The smallest absolute Gasteiger partial charge is 0.419 e. The second-order valence-electron chi connectivity index (χ2n) is 4.32. The Morgan fingerprint density at radius 1 is 1.05 bits per heavy atom. The topological polar surface area (TPSA) is 38.7 Å². The molecule has 0 aliphatic carbocycles. The fraction of sp³-hybridized carbons (Fsp3) is 0.200. The fourth-order valence-electron chi connectivity index (χ4n) is 1.76. The summed E-state index contributed by atoms with van der Waals surface area (Å²) in [6.07, 6.45) is -4.60. The number of aromatic hydroxyl groups is 1. The van der Waals surface area contributed by atoms with Crippen molar-refractivity contribution < 1.29 is 27.8 Å². The number of hydrogen-bond acceptors (Lipinski definition) is 3. The van der Waals surface area contributed by atoms with Crippen LogP contribution in [0.1, 0.15) is 11.1 Å². The normalized spacial score (nSPS) is 11.2. The van der Waals surface area contributed by atoms with Crippen LogP contribution in [0.15, 0.2) is 42.5 Å². The number of methoxy groups -OCH3 is 1. The second-order valence-corrected chi connectivity index (χ2v) is 4.32. The summed E-state index contributed by atoms with van der Waals surface area (Å²) in [6.45, 7) is -0.0451. The minimum absolute atomic E-state index is 0.0451. The molecule has 2 aromatic carbocycles. The van der Waals surface area contributed by atoms with E-state index >= 15 is 0 Å². The van der Waals surface area contributed by atoms with Crippen molar-refractivity contribution in [2.75, 3.05) is 7.11 Å². The third-order valence-electron chi connectivity index (χ3n) is 2.81. The molecule has 2 rings (SSSR count). The van der Waals surface area contributed by atoms with Gasteiger partial charge in [0.05, 0.1) is 12.7 Å². The zero-order valence-electron chi connectivity index (χ0n) is 11.1. The van der Waals surface area contributed by atoms with E-state index < -0.39 is 17.5 Å². The number of halogens is 3. The molecule has 6 heteroatoms. The number of rotatable bonds is 4. The van der Waals surface area contributed by atoms with E-state index in [1.54, 1.807) is 24.3 Å². The Hall–Kier alpha value is -2.37. The van der Waals surface area contributed by atoms with E-state index in [4.69, 9.17) is 9.47 Å². The van der Waals surface area contributed by atoms with Crippen LogP contribution in [-0.4, -0.2) is 12.2 Å². The maximum atomic E-state index is 12.7. The molecular formula is C15H13F3O3. The molecule has 21 heavy (non-hydrogen) atoms. The average molecular weight is 298 g/mol. The van der Waals surface area contributed by atoms with Crippen LogP contribution in [0.4, 0.5) is 13.2 Å². The van der Waals surface area contributed by atoms with Crippen molar-refractivity contribution in [3.05, 3.63) is 53.6 Å². The summed E-state index contributed by atoms with van der Waals surface area (Å²) >= 11 is 0. The lowest BCUT2D eigenvalue weighted by Gasteiger charge is -2.12. The van der Waals surface area contributed by atoms with Gasteiger partial charge in [0.1, 0.15) is 23.9 Å². The van der Waals surface area contributed by atoms with Crippen molar-refractivity contribution in [1.82, 2.24) is 0 Å². The predicted molar refractivity (Wildman–Crippen MR) is 70.4 cm³/mol. The van der Waals surface area contributed by atoms with Gasteiger partial charge in [0.25, 0.3) is 0 Å². The molecule has 0 amide bonds. The largest absolute Gasteiger partial charge is 0.507 e. The van der Waals surface area contributed by atoms with E-state index in [0.717, 1.165) is 12.1 Å². The van der Waals surface area contributed by atoms with Gasteiger partial charge in [-0.3, -0.25) is 0 Å². The SMILES string of the molecule is COc1cccc(OCc2ccc(O)c(C(F)(F)F)c2)c1. The quantitative estimate of drug-likeness (QED) is 0.927. The molecule has 0 fully saturated rings. The molecule has 1 N–H and O–H groups in total. The predicted octanol–water partition coefficient (Wildman–Crippen LogP) is 4.00. The molecule has 0 bridgehead atoms. The zero-order chi connectivity index (χ0) is 15.5. The molecule has 0 aliphatic rings. The molecule has 0 atom stereocenters. The van der Waals surface area contributed by atoms with Gasteiger partial charge < -0.3 is 14.6 Å². The van der Waals surface area contributed by atoms with Crippen LogP contribution in [0.25, 0.3) is 0 Å². The van der Waals surface area contributed by atoms with Gasteiger partial charge in [-0.2, -0.15) is 13.2 Å². The van der Waals surface area contributed by atoms with Crippen LogP contribution >= 0.6 is 0 Å². The van der Waals surface area contributed by atoms with E-state index in [0.29, 0.717) is 17.1 Å². The molecule has 0 unspecified atom stereocenters. The van der Waals surface area contributed by atoms with Gasteiger partial charge in [-0.25, -0.2) is 0 Å². The van der Waals surface area contributed by atoms with Gasteiger partial charge in [0.2, 0.25) is 0 Å². The molecular weight excluding hydrogens is 285 g/mol. The number of hydrogen-bond donors (Lipinski definition) is 1. The van der Waals surface area contributed by atoms with E-state index in [-0.39, 0.29) is 6.61 Å². The van der Waals surface area contributed by atoms with Gasteiger partial charge in [-0.05, 0) is 29.8 Å². The first-order valence-corrected chi connectivity index (χ1v) is 6.06. The Kier molecular flexibility index (Phi) is 4.26. The highest BCUT2D eigenvalue weighted by atomic mass is 19.4. The summed E-state index contributed by atoms with van der Waals surface area (Å²) in [5.41, 5.74) is -0.766. The van der Waals surface area contributed by atoms with Crippen molar-refractivity contribution >= 4 is 0 Å². The first-order chi connectivity index (χ1) is 9.90. The number of alkyl halides is 3. The highest BCUT2D eigenvalue weighted by molar-refractivity contribution is 5.38. The van der Waals surface area contributed by atoms with Gasteiger partial charge in [-0.1, -0.05) is 12.1 Å². The van der Waals surface area contributed by atoms with Crippen LogP contribution in [0, 0.1) is 0 Å². The van der Waals surface area contributed by atoms with E-state index in [1.165, 1.54) is 13.2 Å². The average Bonchev–Trinajstić information content (AvgIpc) is 2.45. The first-order valence-electron chi connectivity index (χ1n) is 6.06. The molecule has 0 heterocycles. The van der Waals surface area contributed by atoms with Crippen LogP contribution in [-0.2, 0) is 12.8 Å². The van der Waals surface area contributed by atoms with Gasteiger partial charge in [-0.15, -0.1) is 0 Å². The summed E-state index contributed by atoms with van der Waals surface area (Å²) in [5, 5.41) is 9.25. The van der Waals surface area contributed by atoms with Crippen LogP contribution < -0.4 is 9.47 Å². The van der Waals surface area contributed by atoms with Gasteiger partial charge in [0, 0.05) is 6.07 Å². The monoisotopic (exact) mass is 298 g/mol. The highest BCUT2D eigenvalue weighted by Crippen LogP contribution is 2.36. The van der Waals surface area contributed by atoms with Crippen molar-refractivity contribution in [3.63, 3.8) is 0 Å². The third-order valence-corrected chi connectivity index (χ3v) is 2.81. The summed E-state index contributed by atoms with van der Waals surface area (Å²) in [4.78, 5) is 0. The Morgan fingerprint density at radius 2 is 1.76 bits per heavy atom. The van der Waals surface area contributed by atoms with E-state index in [2.05, 4.69) is 0 Å². The Labute approximate surface area is 119 Å². The molecule has 0 saturated heterocycles. The van der Waals surface area contributed by atoms with Crippen molar-refractivity contribution in [3.8, 4) is 17.2 Å². The standard InChI is InChI=1S/C15H13F3O3/c1-20-11-3-2-4-12(8-11)21-9-10-5-6-14(19)13(7-10)15(16,17)18/h2-8,19H,9H2,1H3. The minimum atomic E-state index is -4.60. The number of phenolic OH excluding ortho intramolecular Hbond substituents is 1. The summed E-state index contributed by atoms with van der Waals surface area (Å²) in [5.74, 6) is 0.276. The zero-order valence-corrected chi connectivity index (χ0v) is 11.1. The van der Waals surface area contributed by atoms with Crippen LogP contribution in [0.2, 0.25) is 0 Å². The highest BCUT2D eigenvalue weighted by Gasteiger charge is 2.33. The summed E-state index contributed by atoms with van der Waals surface area (Å²) in [6, 6.07) is 10.0. The van der Waals surface area contributed by atoms with Gasteiger partial charge in [0.15, 0.2) is 0 Å². The van der Waals surface area contributed by atoms with E-state index in [1.807, 2.05) is 0 Å². The lowest BCUT2D eigenvalue weighted by Crippen LogP contribution is -2.07. The molecule has 112 valence electrons. The molecule has 0 spiro atoms. The first kappa shape index (κ1) is 15.0. The van der Waals surface area contributed by atoms with Crippen molar-refractivity contribution in [1.29, 1.82) is 0 Å². The number of benzene rings is 2. The Bertz CT molecular complexity index is 624. The summed E-state index contributed by atoms with van der Waals surface area (Å²) < 4.78 is 48.5. The minimum Gasteiger partial charge on any atom is -0.507 e. The third kappa shape index (κ3) is 3.81. The molecule has 0 radical (unpaired) electrons. The number of phenols is 1. The van der Waals surface area contributed by atoms with Gasteiger partial charge >= 0.3 is 6.18 Å². The lowest BCUT2D eigenvalue weighted by molar-refractivity contribution is -0.138.